The van der Waals surface area contributed by atoms with Gasteiger partial charge in [-0.1, -0.05) is 0 Å². The number of nitrogens with zero attached hydrogens (tertiary/aromatic N) is 3. The summed E-state index contributed by atoms with van der Waals surface area (Å²) in [4.78, 5) is 22.7. The van der Waals surface area contributed by atoms with Crippen LogP contribution >= 0.6 is 0 Å². The van der Waals surface area contributed by atoms with Crippen molar-refractivity contribution < 1.29 is 9.72 Å². The Balaban J connectivity index is 2.34. The third kappa shape index (κ3) is 2.78. The molecule has 8 nitrogen and oxygen atoms in total. The zero-order valence-electron chi connectivity index (χ0n) is 12.3. The van der Waals surface area contributed by atoms with E-state index in [4.69, 9.17) is 0 Å². The van der Waals surface area contributed by atoms with E-state index >= 15 is 0 Å². The topological polar surface area (TPSA) is 106 Å². The van der Waals surface area contributed by atoms with E-state index in [9.17, 15) is 14.9 Å². The summed E-state index contributed by atoms with van der Waals surface area (Å²) in [5.74, 6) is 0.00283. The standard InChI is InChI=1S/C13H17N5O3/c1-7(2)17-6-10(18(20)21)5-11(17)13(19)14-12-8(3)9(4)15-16-12/h5-7H,1-4H3,(H2,14,15,16,19). The van der Waals surface area contributed by atoms with E-state index in [2.05, 4.69) is 15.5 Å². The molecule has 0 atom stereocenters. The molecule has 0 unspecified atom stereocenters. The molecule has 2 heterocycles. The zero-order chi connectivity index (χ0) is 15.7. The van der Waals surface area contributed by atoms with Crippen LogP contribution < -0.4 is 5.32 Å². The van der Waals surface area contributed by atoms with Gasteiger partial charge in [-0.3, -0.25) is 20.0 Å². The number of aromatic nitrogens is 3. The lowest BCUT2D eigenvalue weighted by molar-refractivity contribution is -0.384. The highest BCUT2D eigenvalue weighted by atomic mass is 16.6. The van der Waals surface area contributed by atoms with Crippen molar-refractivity contribution in [1.82, 2.24) is 14.8 Å². The van der Waals surface area contributed by atoms with Crippen LogP contribution in [0.15, 0.2) is 12.3 Å². The number of amides is 1. The number of nitrogens with one attached hydrogen (secondary N) is 2. The molecular weight excluding hydrogens is 274 g/mol. The molecule has 112 valence electrons. The third-order valence-corrected chi connectivity index (χ3v) is 3.32. The van der Waals surface area contributed by atoms with Gasteiger partial charge in [-0.15, -0.1) is 0 Å². The molecule has 2 aromatic heterocycles. The molecule has 0 aliphatic heterocycles. The van der Waals surface area contributed by atoms with Crippen LogP contribution in [0.2, 0.25) is 0 Å². The molecule has 2 rings (SSSR count). The molecule has 0 fully saturated rings. The molecule has 21 heavy (non-hydrogen) atoms. The second-order valence-electron chi connectivity index (χ2n) is 5.12. The van der Waals surface area contributed by atoms with Gasteiger partial charge in [-0.25, -0.2) is 0 Å². The van der Waals surface area contributed by atoms with Crippen molar-refractivity contribution in [2.75, 3.05) is 5.32 Å². The molecule has 0 saturated carbocycles. The summed E-state index contributed by atoms with van der Waals surface area (Å²) in [7, 11) is 0. The van der Waals surface area contributed by atoms with Gasteiger partial charge >= 0.3 is 0 Å². The molecule has 0 radical (unpaired) electrons. The van der Waals surface area contributed by atoms with Crippen LogP contribution in [0.3, 0.4) is 0 Å². The molecule has 0 aliphatic carbocycles. The number of hydrogen-bond acceptors (Lipinski definition) is 4. The van der Waals surface area contributed by atoms with Gasteiger partial charge in [0, 0.05) is 23.4 Å². The number of aromatic amines is 1. The van der Waals surface area contributed by atoms with E-state index in [1.165, 1.54) is 12.3 Å². The van der Waals surface area contributed by atoms with Gasteiger partial charge in [0.05, 0.1) is 11.1 Å². The molecule has 0 aromatic carbocycles. The van der Waals surface area contributed by atoms with E-state index in [0.29, 0.717) is 5.82 Å². The Kier molecular flexibility index (Phi) is 3.79. The smallest absolute Gasteiger partial charge is 0.287 e. The number of H-pyrrole nitrogens is 1. The fourth-order valence-corrected chi connectivity index (χ4v) is 1.95. The van der Waals surface area contributed by atoms with Crippen LogP contribution in [-0.2, 0) is 0 Å². The Hall–Kier alpha value is -2.64. The second-order valence-corrected chi connectivity index (χ2v) is 5.12. The summed E-state index contributed by atoms with van der Waals surface area (Å²) >= 11 is 0. The first-order chi connectivity index (χ1) is 9.81. The summed E-state index contributed by atoms with van der Waals surface area (Å²) in [6, 6.07) is 1.20. The number of anilines is 1. The van der Waals surface area contributed by atoms with Crippen LogP contribution in [0.25, 0.3) is 0 Å². The molecule has 0 aliphatic rings. The van der Waals surface area contributed by atoms with Crippen molar-refractivity contribution in [3.05, 3.63) is 39.3 Å². The lowest BCUT2D eigenvalue weighted by Crippen LogP contribution is -2.18. The quantitative estimate of drug-likeness (QED) is 0.667. The summed E-state index contributed by atoms with van der Waals surface area (Å²) in [5.41, 5.74) is 1.82. The number of hydrogen-bond donors (Lipinski definition) is 2. The lowest BCUT2D eigenvalue weighted by Gasteiger charge is -2.11. The summed E-state index contributed by atoms with van der Waals surface area (Å²) in [6.07, 6.45) is 1.36. The van der Waals surface area contributed by atoms with E-state index in [0.717, 1.165) is 11.3 Å². The average molecular weight is 291 g/mol. The molecule has 2 aromatic rings. The van der Waals surface area contributed by atoms with Crippen molar-refractivity contribution in [1.29, 1.82) is 0 Å². The minimum Gasteiger partial charge on any atom is -0.335 e. The average Bonchev–Trinajstić information content (AvgIpc) is 2.98. The Labute approximate surface area is 121 Å². The maximum absolute atomic E-state index is 12.3. The lowest BCUT2D eigenvalue weighted by atomic mass is 10.2. The molecule has 0 spiro atoms. The van der Waals surface area contributed by atoms with Crippen molar-refractivity contribution >= 4 is 17.4 Å². The second kappa shape index (κ2) is 5.39. The molecule has 2 N–H and O–H groups in total. The first-order valence-electron chi connectivity index (χ1n) is 6.50. The van der Waals surface area contributed by atoms with E-state index in [-0.39, 0.29) is 17.4 Å². The SMILES string of the molecule is Cc1[nH]nc(NC(=O)c2cc([N+](=O)[O-])cn2C(C)C)c1C. The predicted octanol–water partition coefficient (Wildman–Crippen LogP) is 2.57. The highest BCUT2D eigenvalue weighted by Crippen LogP contribution is 2.22. The fourth-order valence-electron chi connectivity index (χ4n) is 1.95. The van der Waals surface area contributed by atoms with Crippen molar-refractivity contribution in [2.45, 2.75) is 33.7 Å². The Bertz CT molecular complexity index is 699. The van der Waals surface area contributed by atoms with E-state index < -0.39 is 10.8 Å². The third-order valence-electron chi connectivity index (χ3n) is 3.32. The molecular formula is C13H17N5O3. The van der Waals surface area contributed by atoms with Gasteiger partial charge in [0.1, 0.15) is 5.69 Å². The monoisotopic (exact) mass is 291 g/mol. The van der Waals surface area contributed by atoms with Crippen LogP contribution in [0.4, 0.5) is 11.5 Å². The highest BCUT2D eigenvalue weighted by molar-refractivity contribution is 6.03. The maximum atomic E-state index is 12.3. The van der Waals surface area contributed by atoms with Crippen molar-refractivity contribution in [2.24, 2.45) is 0 Å². The van der Waals surface area contributed by atoms with Gasteiger partial charge in [0.15, 0.2) is 5.82 Å². The minimum absolute atomic E-state index is 0.0681. The fraction of sp³-hybridized carbons (Fsp3) is 0.385. The molecule has 0 saturated heterocycles. The van der Waals surface area contributed by atoms with Crippen LogP contribution in [0.1, 0.15) is 41.6 Å². The Morgan fingerprint density at radius 3 is 2.62 bits per heavy atom. The molecule has 0 bridgehead atoms. The van der Waals surface area contributed by atoms with Crippen LogP contribution in [0, 0.1) is 24.0 Å². The summed E-state index contributed by atoms with van der Waals surface area (Å²) in [6.45, 7) is 7.38. The number of nitro groups is 1. The largest absolute Gasteiger partial charge is 0.335 e. The molecule has 1 amide bonds. The Morgan fingerprint density at radius 2 is 2.14 bits per heavy atom. The normalized spacial score (nSPS) is 10.9. The summed E-state index contributed by atoms with van der Waals surface area (Å²) in [5, 5.41) is 20.3. The van der Waals surface area contributed by atoms with Gasteiger partial charge < -0.3 is 9.88 Å². The highest BCUT2D eigenvalue weighted by Gasteiger charge is 2.22. The summed E-state index contributed by atoms with van der Waals surface area (Å²) < 4.78 is 1.57. The first kappa shape index (κ1) is 14.8. The Morgan fingerprint density at radius 1 is 1.48 bits per heavy atom. The van der Waals surface area contributed by atoms with Crippen molar-refractivity contribution in [3.63, 3.8) is 0 Å². The first-order valence-corrected chi connectivity index (χ1v) is 6.50. The predicted molar refractivity (Wildman–Crippen MR) is 77.5 cm³/mol. The molecule has 8 heteroatoms. The number of aryl methyl sites for hydroxylation is 1. The minimum atomic E-state index is -0.514. The number of rotatable bonds is 4. The van der Waals surface area contributed by atoms with Gasteiger partial charge in [0.25, 0.3) is 11.6 Å². The van der Waals surface area contributed by atoms with E-state index in [1.54, 1.807) is 4.57 Å². The number of carbonyl (C=O) groups excluding carboxylic acids is 1. The van der Waals surface area contributed by atoms with Gasteiger partial charge in [-0.2, -0.15) is 5.10 Å². The van der Waals surface area contributed by atoms with Crippen molar-refractivity contribution in [3.8, 4) is 0 Å². The van der Waals surface area contributed by atoms with E-state index in [1.807, 2.05) is 27.7 Å². The number of carbonyl (C=O) groups is 1. The maximum Gasteiger partial charge on any atom is 0.287 e. The van der Waals surface area contributed by atoms with Crippen LogP contribution in [0.5, 0.6) is 0 Å². The van der Waals surface area contributed by atoms with Gasteiger partial charge in [-0.05, 0) is 27.7 Å². The zero-order valence-corrected chi connectivity index (χ0v) is 12.3. The van der Waals surface area contributed by atoms with Gasteiger partial charge in [0.2, 0.25) is 0 Å². The van der Waals surface area contributed by atoms with Crippen LogP contribution in [-0.4, -0.2) is 25.6 Å².